The fraction of sp³-hybridized carbons (Fsp3) is 0.857. The standard InChI is InChI=1S/C42H81N3/c1-4-7-10-13-16-19-22-25-28-31-43-37-40-34-41(38-44-32-29-26-23-20-17-14-11-8-5-2)36-42(35-40)39-45-33-30-27-24-21-18-15-12-9-6-3/h34-36,43-45H,4-33,37-39H2,1-3H3. The van der Waals surface area contributed by atoms with Crippen LogP contribution in [0.15, 0.2) is 18.2 Å². The van der Waals surface area contributed by atoms with E-state index in [1.807, 2.05) is 0 Å². The minimum Gasteiger partial charge on any atom is -0.313 e. The van der Waals surface area contributed by atoms with Gasteiger partial charge in [-0.25, -0.2) is 0 Å². The number of hydrogen-bond acceptors (Lipinski definition) is 3. The zero-order valence-electron chi connectivity index (χ0n) is 31.1. The maximum atomic E-state index is 3.76. The summed E-state index contributed by atoms with van der Waals surface area (Å²) in [7, 11) is 0. The Morgan fingerprint density at radius 1 is 0.289 bits per heavy atom. The highest BCUT2D eigenvalue weighted by atomic mass is 14.9. The van der Waals surface area contributed by atoms with Crippen LogP contribution in [0.2, 0.25) is 0 Å². The third kappa shape index (κ3) is 29.0. The van der Waals surface area contributed by atoms with Gasteiger partial charge in [-0.05, 0) is 55.6 Å². The van der Waals surface area contributed by atoms with Gasteiger partial charge in [0.25, 0.3) is 0 Å². The molecule has 0 fully saturated rings. The predicted octanol–water partition coefficient (Wildman–Crippen LogP) is 12.5. The maximum absolute atomic E-state index is 3.76. The highest BCUT2D eigenvalue weighted by molar-refractivity contribution is 5.30. The van der Waals surface area contributed by atoms with Gasteiger partial charge in [0.1, 0.15) is 0 Å². The maximum Gasteiger partial charge on any atom is 0.0205 e. The third-order valence-corrected chi connectivity index (χ3v) is 9.47. The lowest BCUT2D eigenvalue weighted by Gasteiger charge is -2.13. The van der Waals surface area contributed by atoms with Gasteiger partial charge >= 0.3 is 0 Å². The molecule has 0 radical (unpaired) electrons. The molecule has 0 heterocycles. The van der Waals surface area contributed by atoms with Crippen molar-refractivity contribution in [1.29, 1.82) is 0 Å². The minimum absolute atomic E-state index is 0.994. The van der Waals surface area contributed by atoms with Crippen molar-refractivity contribution in [3.05, 3.63) is 34.9 Å². The second-order valence-corrected chi connectivity index (χ2v) is 14.2. The van der Waals surface area contributed by atoms with Crippen LogP contribution < -0.4 is 16.0 Å². The summed E-state index contributed by atoms with van der Waals surface area (Å²) in [6.07, 6.45) is 37.7. The van der Waals surface area contributed by atoms with Crippen LogP contribution in [0.3, 0.4) is 0 Å². The van der Waals surface area contributed by atoms with E-state index in [9.17, 15) is 0 Å². The fourth-order valence-electron chi connectivity index (χ4n) is 6.53. The summed E-state index contributed by atoms with van der Waals surface area (Å²) in [5.74, 6) is 0. The summed E-state index contributed by atoms with van der Waals surface area (Å²) in [4.78, 5) is 0. The van der Waals surface area contributed by atoms with Crippen LogP contribution >= 0.6 is 0 Å². The Bertz CT molecular complexity index is 610. The summed E-state index contributed by atoms with van der Waals surface area (Å²) in [5, 5.41) is 11.3. The summed E-state index contributed by atoms with van der Waals surface area (Å²) < 4.78 is 0. The van der Waals surface area contributed by atoms with Gasteiger partial charge < -0.3 is 16.0 Å². The molecule has 0 spiro atoms. The lowest BCUT2D eigenvalue weighted by atomic mass is 10.0. The van der Waals surface area contributed by atoms with Crippen LogP contribution in [0.1, 0.15) is 211 Å². The fourth-order valence-corrected chi connectivity index (χ4v) is 6.53. The molecule has 3 nitrogen and oxygen atoms in total. The second-order valence-electron chi connectivity index (χ2n) is 14.2. The Morgan fingerprint density at radius 3 is 0.711 bits per heavy atom. The van der Waals surface area contributed by atoms with E-state index in [1.165, 1.54) is 190 Å². The smallest absolute Gasteiger partial charge is 0.0205 e. The zero-order chi connectivity index (χ0) is 32.3. The van der Waals surface area contributed by atoms with Crippen molar-refractivity contribution in [2.75, 3.05) is 19.6 Å². The molecular weight excluding hydrogens is 546 g/mol. The molecule has 0 unspecified atom stereocenters. The van der Waals surface area contributed by atoms with Gasteiger partial charge in [0.05, 0.1) is 0 Å². The Balaban J connectivity index is 2.33. The molecule has 264 valence electrons. The molecule has 0 saturated heterocycles. The molecule has 45 heavy (non-hydrogen) atoms. The van der Waals surface area contributed by atoms with Crippen LogP contribution in [0.4, 0.5) is 0 Å². The molecule has 0 amide bonds. The molecule has 3 N–H and O–H groups in total. The molecule has 1 rings (SSSR count). The second kappa shape index (κ2) is 34.4. The molecule has 3 heteroatoms. The first-order valence-electron chi connectivity index (χ1n) is 20.5. The highest BCUT2D eigenvalue weighted by Gasteiger charge is 2.03. The van der Waals surface area contributed by atoms with Crippen LogP contribution in [-0.4, -0.2) is 19.6 Å². The van der Waals surface area contributed by atoms with E-state index in [4.69, 9.17) is 0 Å². The average Bonchev–Trinajstić information content (AvgIpc) is 3.05. The van der Waals surface area contributed by atoms with E-state index in [2.05, 4.69) is 54.9 Å². The number of rotatable bonds is 36. The Labute approximate surface area is 283 Å². The predicted molar refractivity (Wildman–Crippen MR) is 203 cm³/mol. The molecule has 0 aliphatic carbocycles. The van der Waals surface area contributed by atoms with Gasteiger partial charge in [-0.1, -0.05) is 193 Å². The molecule has 0 aliphatic rings. The number of hydrogen-bond donors (Lipinski definition) is 3. The van der Waals surface area contributed by atoms with Crippen LogP contribution in [0.5, 0.6) is 0 Å². The molecule has 0 atom stereocenters. The van der Waals surface area contributed by atoms with Crippen LogP contribution in [-0.2, 0) is 19.6 Å². The van der Waals surface area contributed by atoms with E-state index < -0.39 is 0 Å². The molecule has 0 bridgehead atoms. The quantitative estimate of drug-likeness (QED) is 0.0648. The van der Waals surface area contributed by atoms with Crippen molar-refractivity contribution in [2.45, 2.75) is 214 Å². The van der Waals surface area contributed by atoms with E-state index in [-0.39, 0.29) is 0 Å². The third-order valence-electron chi connectivity index (χ3n) is 9.47. The topological polar surface area (TPSA) is 36.1 Å². The van der Waals surface area contributed by atoms with Crippen LogP contribution in [0, 0.1) is 0 Å². The Hall–Kier alpha value is -0.900. The monoisotopic (exact) mass is 628 g/mol. The van der Waals surface area contributed by atoms with Crippen molar-refractivity contribution in [3.63, 3.8) is 0 Å². The lowest BCUT2D eigenvalue weighted by Crippen LogP contribution is -2.19. The number of unbranched alkanes of at least 4 members (excludes halogenated alkanes) is 24. The Kier molecular flexibility index (Phi) is 32.2. The minimum atomic E-state index is 0.994. The normalized spacial score (nSPS) is 11.5. The van der Waals surface area contributed by atoms with Gasteiger partial charge in [0.15, 0.2) is 0 Å². The summed E-state index contributed by atoms with van der Waals surface area (Å²) in [6.45, 7) is 13.3. The Morgan fingerprint density at radius 2 is 0.489 bits per heavy atom. The van der Waals surface area contributed by atoms with Crippen LogP contribution in [0.25, 0.3) is 0 Å². The zero-order valence-corrected chi connectivity index (χ0v) is 31.1. The van der Waals surface area contributed by atoms with Crippen molar-refractivity contribution >= 4 is 0 Å². The molecule has 0 aromatic heterocycles. The first kappa shape index (κ1) is 42.1. The van der Waals surface area contributed by atoms with Gasteiger partial charge in [-0.2, -0.15) is 0 Å². The van der Waals surface area contributed by atoms with E-state index in [1.54, 1.807) is 0 Å². The molecule has 0 saturated carbocycles. The largest absolute Gasteiger partial charge is 0.313 e. The summed E-state index contributed by atoms with van der Waals surface area (Å²) in [6, 6.07) is 7.32. The molecular formula is C42H81N3. The summed E-state index contributed by atoms with van der Waals surface area (Å²) >= 11 is 0. The SMILES string of the molecule is CCCCCCCCCCCNCc1cc(CNCCCCCCCCCCC)cc(CNCCCCCCCCCCC)c1. The molecule has 1 aromatic rings. The van der Waals surface area contributed by atoms with Gasteiger partial charge in [-0.15, -0.1) is 0 Å². The number of benzene rings is 1. The van der Waals surface area contributed by atoms with Gasteiger partial charge in [0.2, 0.25) is 0 Å². The van der Waals surface area contributed by atoms with Gasteiger partial charge in [-0.3, -0.25) is 0 Å². The van der Waals surface area contributed by atoms with E-state index in [0.29, 0.717) is 0 Å². The first-order valence-corrected chi connectivity index (χ1v) is 20.5. The van der Waals surface area contributed by atoms with Crippen molar-refractivity contribution in [2.24, 2.45) is 0 Å². The lowest BCUT2D eigenvalue weighted by molar-refractivity contribution is 0.546. The van der Waals surface area contributed by atoms with Crippen molar-refractivity contribution in [1.82, 2.24) is 16.0 Å². The average molecular weight is 628 g/mol. The van der Waals surface area contributed by atoms with E-state index in [0.717, 1.165) is 39.3 Å². The summed E-state index contributed by atoms with van der Waals surface area (Å²) in [5.41, 5.74) is 4.36. The first-order chi connectivity index (χ1) is 22.3. The molecule has 0 aliphatic heterocycles. The van der Waals surface area contributed by atoms with Crippen molar-refractivity contribution in [3.8, 4) is 0 Å². The van der Waals surface area contributed by atoms with Gasteiger partial charge in [0, 0.05) is 19.6 Å². The highest BCUT2D eigenvalue weighted by Crippen LogP contribution is 2.14. The molecule has 1 aromatic carbocycles. The van der Waals surface area contributed by atoms with E-state index >= 15 is 0 Å². The van der Waals surface area contributed by atoms with Crippen molar-refractivity contribution < 1.29 is 0 Å². The number of nitrogens with one attached hydrogen (secondary N) is 3.